The van der Waals surface area contributed by atoms with E-state index in [1.165, 1.54) is 13.0 Å². The number of ketones is 1. The molecule has 0 radical (unpaired) electrons. The summed E-state index contributed by atoms with van der Waals surface area (Å²) in [5.74, 6) is -0.755. The highest BCUT2D eigenvalue weighted by Crippen LogP contribution is 1.96. The number of rotatable bonds is 6. The summed E-state index contributed by atoms with van der Waals surface area (Å²) in [5, 5.41) is 20.7. The molecule has 15 heavy (non-hydrogen) atoms. The normalized spacial score (nSPS) is 14.9. The minimum absolute atomic E-state index is 0.237. The van der Waals surface area contributed by atoms with Crippen LogP contribution in [-0.4, -0.2) is 40.7 Å². The zero-order valence-electron chi connectivity index (χ0n) is 8.93. The van der Waals surface area contributed by atoms with Gasteiger partial charge in [0.25, 0.3) is 0 Å². The summed E-state index contributed by atoms with van der Waals surface area (Å²) >= 11 is 0. The third-order valence-electron chi connectivity index (χ3n) is 1.75. The Hall–Kier alpha value is -1.20. The number of Topliss-reactive ketones (excluding diaryl/α,β-unsaturated/α-hetero) is 1. The number of hydrogen-bond acceptors (Lipinski definition) is 4. The Morgan fingerprint density at radius 2 is 2.07 bits per heavy atom. The van der Waals surface area contributed by atoms with Gasteiger partial charge in [-0.2, -0.15) is 0 Å². The molecule has 0 aliphatic carbocycles. The van der Waals surface area contributed by atoms with Crippen LogP contribution < -0.4 is 5.32 Å². The van der Waals surface area contributed by atoms with E-state index in [1.807, 2.05) is 0 Å². The lowest BCUT2D eigenvalue weighted by atomic mass is 10.1. The van der Waals surface area contributed by atoms with Crippen LogP contribution in [0.1, 0.15) is 20.3 Å². The smallest absolute Gasteiger partial charge is 0.227 e. The van der Waals surface area contributed by atoms with E-state index < -0.39 is 18.1 Å². The van der Waals surface area contributed by atoms with Gasteiger partial charge in [-0.1, -0.05) is 12.2 Å². The molecule has 5 heteroatoms. The van der Waals surface area contributed by atoms with Gasteiger partial charge in [0.1, 0.15) is 5.78 Å². The van der Waals surface area contributed by atoms with Gasteiger partial charge in [-0.3, -0.25) is 9.59 Å². The Morgan fingerprint density at radius 3 is 2.47 bits per heavy atom. The van der Waals surface area contributed by atoms with E-state index in [9.17, 15) is 14.7 Å². The fourth-order valence-corrected chi connectivity index (χ4v) is 1.05. The molecule has 86 valence electrons. The summed E-state index contributed by atoms with van der Waals surface area (Å²) in [4.78, 5) is 21.8. The number of allylic oxidation sites excluding steroid dienone is 1. The summed E-state index contributed by atoms with van der Waals surface area (Å²) in [5.41, 5.74) is 0. The van der Waals surface area contributed by atoms with E-state index in [1.54, 1.807) is 13.0 Å². The average molecular weight is 215 g/mol. The van der Waals surface area contributed by atoms with Crippen molar-refractivity contribution in [3.8, 4) is 0 Å². The molecule has 0 saturated carbocycles. The molecule has 0 aliphatic rings. The first kappa shape index (κ1) is 13.8. The van der Waals surface area contributed by atoms with Crippen LogP contribution in [0.25, 0.3) is 0 Å². The lowest BCUT2D eigenvalue weighted by molar-refractivity contribution is -0.128. The van der Waals surface area contributed by atoms with Crippen LogP contribution in [0, 0.1) is 0 Å². The topological polar surface area (TPSA) is 86.6 Å². The average Bonchev–Trinajstić information content (AvgIpc) is 2.13. The van der Waals surface area contributed by atoms with Gasteiger partial charge in [0.2, 0.25) is 5.91 Å². The molecule has 3 N–H and O–H groups in total. The fourth-order valence-electron chi connectivity index (χ4n) is 1.05. The highest BCUT2D eigenvalue weighted by Gasteiger charge is 2.18. The van der Waals surface area contributed by atoms with Gasteiger partial charge in [0, 0.05) is 0 Å². The SMILES string of the molecule is C/C=C/C(O)C(CO)NC(=O)CC(C)=O. The summed E-state index contributed by atoms with van der Waals surface area (Å²) in [6.07, 6.45) is 1.88. The van der Waals surface area contributed by atoms with E-state index in [-0.39, 0.29) is 18.8 Å². The lowest BCUT2D eigenvalue weighted by Crippen LogP contribution is -2.45. The van der Waals surface area contributed by atoms with E-state index in [0.29, 0.717) is 0 Å². The number of carbonyl (C=O) groups is 2. The number of carbonyl (C=O) groups excluding carboxylic acids is 2. The number of aliphatic hydroxyl groups excluding tert-OH is 2. The molecule has 1 amide bonds. The molecule has 0 aliphatic heterocycles. The molecule has 0 spiro atoms. The van der Waals surface area contributed by atoms with Gasteiger partial charge in [0.15, 0.2) is 0 Å². The highest BCUT2D eigenvalue weighted by atomic mass is 16.3. The van der Waals surface area contributed by atoms with E-state index in [4.69, 9.17) is 5.11 Å². The van der Waals surface area contributed by atoms with Crippen molar-refractivity contribution in [3.05, 3.63) is 12.2 Å². The minimum atomic E-state index is -0.948. The van der Waals surface area contributed by atoms with Gasteiger partial charge < -0.3 is 15.5 Å². The first-order valence-electron chi connectivity index (χ1n) is 4.71. The number of aliphatic hydroxyl groups is 2. The van der Waals surface area contributed by atoms with Crippen molar-refractivity contribution in [1.29, 1.82) is 0 Å². The van der Waals surface area contributed by atoms with Gasteiger partial charge in [-0.25, -0.2) is 0 Å². The van der Waals surface area contributed by atoms with Gasteiger partial charge >= 0.3 is 0 Å². The minimum Gasteiger partial charge on any atom is -0.394 e. The van der Waals surface area contributed by atoms with Crippen molar-refractivity contribution >= 4 is 11.7 Å². The molecule has 0 bridgehead atoms. The quantitative estimate of drug-likeness (QED) is 0.407. The molecule has 0 rings (SSSR count). The van der Waals surface area contributed by atoms with Crippen LogP contribution in [0.2, 0.25) is 0 Å². The maximum atomic E-state index is 11.2. The van der Waals surface area contributed by atoms with Crippen molar-refractivity contribution in [2.24, 2.45) is 0 Å². The Kier molecular flexibility index (Phi) is 6.57. The van der Waals surface area contributed by atoms with E-state index >= 15 is 0 Å². The molecular formula is C10H17NO4. The van der Waals surface area contributed by atoms with Crippen LogP contribution in [0.4, 0.5) is 0 Å². The van der Waals surface area contributed by atoms with Crippen LogP contribution in [-0.2, 0) is 9.59 Å². The highest BCUT2D eigenvalue weighted by molar-refractivity contribution is 5.96. The first-order valence-corrected chi connectivity index (χ1v) is 4.71. The maximum Gasteiger partial charge on any atom is 0.227 e. The molecule has 2 unspecified atom stereocenters. The van der Waals surface area contributed by atoms with Crippen molar-refractivity contribution in [2.45, 2.75) is 32.4 Å². The van der Waals surface area contributed by atoms with Crippen molar-refractivity contribution in [1.82, 2.24) is 5.32 Å². The molecule has 2 atom stereocenters. The number of amides is 1. The first-order chi connectivity index (χ1) is 7.01. The predicted molar refractivity (Wildman–Crippen MR) is 55.1 cm³/mol. The zero-order chi connectivity index (χ0) is 11.8. The molecule has 0 aromatic carbocycles. The van der Waals surface area contributed by atoms with Gasteiger partial charge in [-0.05, 0) is 13.8 Å². The van der Waals surface area contributed by atoms with Crippen LogP contribution in [0.3, 0.4) is 0 Å². The van der Waals surface area contributed by atoms with E-state index in [2.05, 4.69) is 5.32 Å². The largest absolute Gasteiger partial charge is 0.394 e. The Labute approximate surface area is 88.8 Å². The van der Waals surface area contributed by atoms with Crippen LogP contribution in [0.15, 0.2) is 12.2 Å². The fraction of sp³-hybridized carbons (Fsp3) is 0.600. The standard InChI is InChI=1S/C10H17NO4/c1-3-4-9(14)8(6-12)11-10(15)5-7(2)13/h3-4,8-9,12,14H,5-6H2,1-2H3,(H,11,15)/b4-3+. The Morgan fingerprint density at radius 1 is 1.47 bits per heavy atom. The molecular weight excluding hydrogens is 198 g/mol. The van der Waals surface area contributed by atoms with Crippen molar-refractivity contribution in [2.75, 3.05) is 6.61 Å². The third kappa shape index (κ3) is 5.98. The van der Waals surface area contributed by atoms with E-state index in [0.717, 1.165) is 0 Å². The number of nitrogens with one attached hydrogen (secondary N) is 1. The molecule has 0 heterocycles. The molecule has 5 nitrogen and oxygen atoms in total. The lowest BCUT2D eigenvalue weighted by Gasteiger charge is -2.19. The van der Waals surface area contributed by atoms with Crippen LogP contribution in [0.5, 0.6) is 0 Å². The predicted octanol–water partition coefficient (Wildman–Crippen LogP) is -0.620. The van der Waals surface area contributed by atoms with Gasteiger partial charge in [0.05, 0.1) is 25.2 Å². The van der Waals surface area contributed by atoms with Crippen molar-refractivity contribution < 1.29 is 19.8 Å². The zero-order valence-corrected chi connectivity index (χ0v) is 8.93. The second-order valence-electron chi connectivity index (χ2n) is 3.25. The molecule has 0 aromatic rings. The second-order valence-corrected chi connectivity index (χ2v) is 3.25. The summed E-state index contributed by atoms with van der Waals surface area (Å²) in [6.45, 7) is 2.64. The van der Waals surface area contributed by atoms with Gasteiger partial charge in [-0.15, -0.1) is 0 Å². The number of hydrogen-bond donors (Lipinski definition) is 3. The molecule has 0 fully saturated rings. The summed E-state index contributed by atoms with van der Waals surface area (Å²) < 4.78 is 0. The third-order valence-corrected chi connectivity index (χ3v) is 1.75. The summed E-state index contributed by atoms with van der Waals surface area (Å²) in [7, 11) is 0. The Bertz CT molecular complexity index is 250. The van der Waals surface area contributed by atoms with Crippen molar-refractivity contribution in [3.63, 3.8) is 0 Å². The Balaban J connectivity index is 4.20. The second kappa shape index (κ2) is 7.14. The summed E-state index contributed by atoms with van der Waals surface area (Å²) in [6, 6.07) is -0.770. The molecule has 0 saturated heterocycles. The monoisotopic (exact) mass is 215 g/mol. The maximum absolute atomic E-state index is 11.2. The van der Waals surface area contributed by atoms with Crippen LogP contribution >= 0.6 is 0 Å². The molecule has 0 aromatic heterocycles.